The highest BCUT2D eigenvalue weighted by molar-refractivity contribution is 8.26. The first-order valence-corrected chi connectivity index (χ1v) is 15.8. The normalized spacial score (nSPS) is 17.0. The third kappa shape index (κ3) is 6.45. The molecule has 0 saturated carbocycles. The second-order valence-electron chi connectivity index (χ2n) is 10.1. The van der Waals surface area contributed by atoms with Crippen molar-refractivity contribution in [1.29, 1.82) is 0 Å². The minimum atomic E-state index is -0.968. The van der Waals surface area contributed by atoms with Crippen LogP contribution in [0.2, 0.25) is 0 Å². The first-order chi connectivity index (χ1) is 20.4. The summed E-state index contributed by atoms with van der Waals surface area (Å²) in [5, 5.41) is 12.7. The summed E-state index contributed by atoms with van der Waals surface area (Å²) in [4.78, 5) is 33.4. The summed E-state index contributed by atoms with van der Waals surface area (Å²) in [6.45, 7) is 4.29. The van der Waals surface area contributed by atoms with E-state index in [0.717, 1.165) is 45.6 Å². The van der Waals surface area contributed by atoms with E-state index < -0.39 is 5.97 Å². The van der Waals surface area contributed by atoms with Crippen molar-refractivity contribution >= 4 is 68.5 Å². The fourth-order valence-corrected chi connectivity index (χ4v) is 7.24. The summed E-state index contributed by atoms with van der Waals surface area (Å²) in [5.41, 5.74) is 4.42. The number of nitrogens with one attached hydrogen (secondary N) is 1. The zero-order chi connectivity index (χ0) is 29.1. The topological polar surface area (TPSA) is 95.1 Å². The zero-order valence-corrected chi connectivity index (χ0v) is 25.2. The quantitative estimate of drug-likeness (QED) is 0.125. The van der Waals surface area contributed by atoms with Crippen molar-refractivity contribution in [2.45, 2.75) is 13.0 Å². The molecule has 2 aliphatic rings. The molecule has 0 bridgehead atoms. The second kappa shape index (κ2) is 12.8. The van der Waals surface area contributed by atoms with E-state index in [1.807, 2.05) is 12.3 Å². The molecule has 0 spiro atoms. The van der Waals surface area contributed by atoms with Crippen LogP contribution in [0.4, 0.5) is 0 Å². The smallest absolute Gasteiger partial charge is 0.335 e. The van der Waals surface area contributed by atoms with Crippen molar-refractivity contribution in [2.24, 2.45) is 0 Å². The van der Waals surface area contributed by atoms with Gasteiger partial charge in [-0.1, -0.05) is 30.0 Å². The Morgan fingerprint density at radius 2 is 1.98 bits per heavy atom. The number of carboxylic acids is 1. The summed E-state index contributed by atoms with van der Waals surface area (Å²) in [7, 11) is 0. The van der Waals surface area contributed by atoms with Gasteiger partial charge in [-0.25, -0.2) is 4.79 Å². The van der Waals surface area contributed by atoms with Crippen molar-refractivity contribution in [2.75, 3.05) is 39.5 Å². The standard InChI is InChI=1S/C31H29N3O5S3/c35-29-28(17-25-16-24(19-41-25)20-2-4-26-21(14-20)6-7-32-26)42-31(40)34(29)8-1-11-39-27-5-3-22(30(36)37)15-23(27)18-33-9-12-38-13-10-33/h2-7,14-17,19,32H,1,8-13,18H2,(H,36,37). The van der Waals surface area contributed by atoms with Crippen molar-refractivity contribution in [3.05, 3.63) is 81.0 Å². The molecule has 4 heterocycles. The van der Waals surface area contributed by atoms with Crippen LogP contribution in [0.1, 0.15) is 27.2 Å². The molecule has 11 heteroatoms. The lowest BCUT2D eigenvalue weighted by Gasteiger charge is -2.27. The molecule has 216 valence electrons. The fraction of sp³-hybridized carbons (Fsp3) is 0.258. The lowest BCUT2D eigenvalue weighted by molar-refractivity contribution is -0.122. The minimum absolute atomic E-state index is 0.0903. The number of hydrogen-bond donors (Lipinski definition) is 2. The maximum Gasteiger partial charge on any atom is 0.335 e. The molecule has 4 aromatic rings. The van der Waals surface area contributed by atoms with Gasteiger partial charge >= 0.3 is 5.97 Å². The number of thiophene rings is 1. The number of morpholine rings is 1. The van der Waals surface area contributed by atoms with Gasteiger partial charge in [0.2, 0.25) is 0 Å². The zero-order valence-electron chi connectivity index (χ0n) is 22.7. The van der Waals surface area contributed by atoms with E-state index in [2.05, 4.69) is 45.6 Å². The molecule has 2 saturated heterocycles. The number of ether oxygens (including phenoxy) is 2. The summed E-state index contributed by atoms with van der Waals surface area (Å²) in [6, 6.07) is 15.4. The molecule has 8 nitrogen and oxygen atoms in total. The fourth-order valence-electron chi connectivity index (χ4n) is 5.02. The average molecular weight is 620 g/mol. The van der Waals surface area contributed by atoms with Crippen LogP contribution in [-0.4, -0.2) is 75.5 Å². The van der Waals surface area contributed by atoms with Crippen LogP contribution in [-0.2, 0) is 16.1 Å². The number of fused-ring (bicyclic) bond motifs is 1. The molecule has 42 heavy (non-hydrogen) atoms. The Hall–Kier alpha value is -3.48. The number of H-pyrrole nitrogens is 1. The number of amides is 1. The van der Waals surface area contributed by atoms with Crippen molar-refractivity contribution < 1.29 is 24.2 Å². The van der Waals surface area contributed by atoms with Crippen molar-refractivity contribution in [3.8, 4) is 16.9 Å². The minimum Gasteiger partial charge on any atom is -0.493 e. The van der Waals surface area contributed by atoms with E-state index >= 15 is 0 Å². The van der Waals surface area contributed by atoms with Gasteiger partial charge in [0.15, 0.2) is 0 Å². The van der Waals surface area contributed by atoms with Gasteiger partial charge in [0, 0.05) is 48.3 Å². The number of carbonyl (C=O) groups excluding carboxylic acids is 1. The largest absolute Gasteiger partial charge is 0.493 e. The third-order valence-corrected chi connectivity index (χ3v) is 9.50. The van der Waals surface area contributed by atoms with Crippen molar-refractivity contribution in [3.63, 3.8) is 0 Å². The van der Waals surface area contributed by atoms with Gasteiger partial charge in [0.1, 0.15) is 10.1 Å². The molecule has 0 atom stereocenters. The molecular formula is C31H29N3O5S3. The molecule has 2 aliphatic heterocycles. The molecular weight excluding hydrogens is 591 g/mol. The van der Waals surface area contributed by atoms with E-state index in [4.69, 9.17) is 21.7 Å². The number of nitrogens with zero attached hydrogens (tertiary/aromatic N) is 2. The van der Waals surface area contributed by atoms with Gasteiger partial charge in [-0.3, -0.25) is 14.6 Å². The predicted octanol–water partition coefficient (Wildman–Crippen LogP) is 6.10. The van der Waals surface area contributed by atoms with Gasteiger partial charge in [-0.05, 0) is 76.9 Å². The molecule has 0 radical (unpaired) electrons. The van der Waals surface area contributed by atoms with E-state index in [1.54, 1.807) is 34.4 Å². The summed E-state index contributed by atoms with van der Waals surface area (Å²) in [5.74, 6) is -0.405. The maximum absolute atomic E-state index is 13.2. The van der Waals surface area contributed by atoms with E-state index in [0.29, 0.717) is 54.3 Å². The molecule has 0 unspecified atom stereocenters. The Balaban J connectivity index is 1.06. The molecule has 1 amide bonds. The van der Waals surface area contributed by atoms with Crippen molar-refractivity contribution in [1.82, 2.24) is 14.8 Å². The van der Waals surface area contributed by atoms with Crippen LogP contribution >= 0.6 is 35.3 Å². The van der Waals surface area contributed by atoms with Crippen LogP contribution in [0.15, 0.2) is 65.0 Å². The van der Waals surface area contributed by atoms with E-state index in [9.17, 15) is 14.7 Å². The number of benzene rings is 2. The Kier molecular flexibility index (Phi) is 8.73. The lowest BCUT2D eigenvalue weighted by Crippen LogP contribution is -2.35. The Morgan fingerprint density at radius 1 is 1.12 bits per heavy atom. The predicted molar refractivity (Wildman–Crippen MR) is 171 cm³/mol. The molecule has 2 aromatic heterocycles. The highest BCUT2D eigenvalue weighted by atomic mass is 32.2. The van der Waals surface area contributed by atoms with E-state index in [1.165, 1.54) is 11.8 Å². The third-order valence-electron chi connectivity index (χ3n) is 7.24. The van der Waals surface area contributed by atoms with Crippen LogP contribution in [0, 0.1) is 0 Å². The van der Waals surface area contributed by atoms with Gasteiger partial charge in [-0.2, -0.15) is 0 Å². The average Bonchev–Trinajstić information content (AvgIpc) is 3.72. The van der Waals surface area contributed by atoms with Crippen LogP contribution in [0.5, 0.6) is 5.75 Å². The number of carboxylic acid groups (broad SMARTS) is 1. The number of aromatic carboxylic acids is 1. The molecule has 2 aromatic carbocycles. The van der Waals surface area contributed by atoms with Gasteiger partial charge in [0.05, 0.1) is 30.3 Å². The van der Waals surface area contributed by atoms with Crippen LogP contribution in [0.25, 0.3) is 28.1 Å². The van der Waals surface area contributed by atoms with Gasteiger partial charge in [0.25, 0.3) is 5.91 Å². The Bertz CT molecular complexity index is 1670. The van der Waals surface area contributed by atoms with Crippen LogP contribution in [0.3, 0.4) is 0 Å². The molecule has 0 aliphatic carbocycles. The molecule has 6 rings (SSSR count). The number of rotatable bonds is 10. The monoisotopic (exact) mass is 619 g/mol. The van der Waals surface area contributed by atoms with E-state index in [-0.39, 0.29) is 11.5 Å². The number of thioether (sulfide) groups is 1. The number of aromatic nitrogens is 1. The molecule has 2 N–H and O–H groups in total. The summed E-state index contributed by atoms with van der Waals surface area (Å²) < 4.78 is 12.0. The number of carbonyl (C=O) groups is 2. The number of aromatic amines is 1. The van der Waals surface area contributed by atoms with Gasteiger partial charge in [-0.15, -0.1) is 11.3 Å². The SMILES string of the molecule is O=C(O)c1ccc(OCCCN2C(=O)C(=Cc3cc(-c4ccc5[nH]ccc5c4)cs3)SC2=S)c(CN2CCOCC2)c1. The highest BCUT2D eigenvalue weighted by Gasteiger charge is 2.31. The first kappa shape index (κ1) is 28.6. The number of hydrogen-bond acceptors (Lipinski definition) is 8. The Morgan fingerprint density at radius 3 is 2.81 bits per heavy atom. The highest BCUT2D eigenvalue weighted by Crippen LogP contribution is 2.35. The van der Waals surface area contributed by atoms with Crippen LogP contribution < -0.4 is 4.74 Å². The Labute approximate surface area is 256 Å². The number of thiocarbonyl (C=S) groups is 1. The van der Waals surface area contributed by atoms with Gasteiger partial charge < -0.3 is 19.6 Å². The first-order valence-electron chi connectivity index (χ1n) is 13.7. The summed E-state index contributed by atoms with van der Waals surface area (Å²) in [6.07, 6.45) is 4.44. The second-order valence-corrected chi connectivity index (χ2v) is 12.7. The maximum atomic E-state index is 13.2. The molecule has 2 fully saturated rings. The lowest BCUT2D eigenvalue weighted by atomic mass is 10.1. The summed E-state index contributed by atoms with van der Waals surface area (Å²) >= 11 is 8.46.